The van der Waals surface area contributed by atoms with E-state index >= 15 is 0 Å². The van der Waals surface area contributed by atoms with E-state index < -0.39 is 6.04 Å². The third-order valence-electron chi connectivity index (χ3n) is 7.46. The minimum absolute atomic E-state index is 0.0401. The van der Waals surface area contributed by atoms with E-state index in [1.54, 1.807) is 11.1 Å². The van der Waals surface area contributed by atoms with E-state index in [1.807, 2.05) is 23.6 Å². The van der Waals surface area contributed by atoms with Crippen molar-refractivity contribution in [1.29, 1.82) is 0 Å². The number of rotatable bonds is 8. The number of carbonyl (C=O) groups is 3. The van der Waals surface area contributed by atoms with Gasteiger partial charge in [-0.05, 0) is 36.5 Å². The van der Waals surface area contributed by atoms with E-state index in [9.17, 15) is 14.4 Å². The lowest BCUT2D eigenvalue weighted by atomic mass is 9.84. The van der Waals surface area contributed by atoms with Crippen molar-refractivity contribution in [2.75, 3.05) is 44.7 Å². The Kier molecular flexibility index (Phi) is 8.62. The van der Waals surface area contributed by atoms with Gasteiger partial charge in [-0.2, -0.15) is 0 Å². The Balaban J connectivity index is 1.14. The van der Waals surface area contributed by atoms with Crippen LogP contribution in [0.25, 0.3) is 0 Å². The summed E-state index contributed by atoms with van der Waals surface area (Å²) in [5, 5.41) is 8.15. The van der Waals surface area contributed by atoms with Crippen molar-refractivity contribution in [3.8, 4) is 11.5 Å². The molecule has 5 rings (SSSR count). The molecule has 2 aliphatic heterocycles. The molecule has 1 saturated carbocycles. The Morgan fingerprint density at radius 2 is 1.92 bits per heavy atom. The zero-order chi connectivity index (χ0) is 26.3. The summed E-state index contributed by atoms with van der Waals surface area (Å²) >= 11 is 1.36. The minimum Gasteiger partial charge on any atom is -0.486 e. The summed E-state index contributed by atoms with van der Waals surface area (Å²) in [6.07, 6.45) is 8.66. The van der Waals surface area contributed by atoms with Crippen molar-refractivity contribution < 1.29 is 23.9 Å². The van der Waals surface area contributed by atoms with E-state index in [0.29, 0.717) is 56.7 Å². The number of nitrogens with zero attached hydrogens (tertiary/aromatic N) is 3. The van der Waals surface area contributed by atoms with Crippen molar-refractivity contribution in [2.24, 2.45) is 5.92 Å². The number of hydrogen-bond acceptors (Lipinski definition) is 7. The fourth-order valence-electron chi connectivity index (χ4n) is 5.45. The van der Waals surface area contributed by atoms with Crippen LogP contribution in [0, 0.1) is 5.92 Å². The van der Waals surface area contributed by atoms with Gasteiger partial charge in [0.2, 0.25) is 11.8 Å². The van der Waals surface area contributed by atoms with Gasteiger partial charge in [0.25, 0.3) is 0 Å². The molecule has 204 valence electrons. The second kappa shape index (κ2) is 12.5. The first-order chi connectivity index (χ1) is 18.6. The predicted octanol–water partition coefficient (Wildman–Crippen LogP) is 3.29. The van der Waals surface area contributed by atoms with E-state index in [1.165, 1.54) is 35.5 Å². The van der Waals surface area contributed by atoms with Crippen molar-refractivity contribution in [1.82, 2.24) is 20.1 Å². The Morgan fingerprint density at radius 3 is 2.68 bits per heavy atom. The zero-order valence-electron chi connectivity index (χ0n) is 21.5. The van der Waals surface area contributed by atoms with Gasteiger partial charge in [-0.25, -0.2) is 9.78 Å². The number of thiazole rings is 1. The molecule has 0 unspecified atom stereocenters. The molecule has 1 aromatic carbocycles. The van der Waals surface area contributed by atoms with Gasteiger partial charge in [0, 0.05) is 31.2 Å². The van der Waals surface area contributed by atoms with Crippen LogP contribution in [0.2, 0.25) is 0 Å². The van der Waals surface area contributed by atoms with Gasteiger partial charge >= 0.3 is 6.03 Å². The molecular formula is C27H35N5O5S. The van der Waals surface area contributed by atoms with Crippen molar-refractivity contribution >= 4 is 34.3 Å². The van der Waals surface area contributed by atoms with Gasteiger partial charge in [0.15, 0.2) is 16.6 Å². The van der Waals surface area contributed by atoms with Crippen LogP contribution in [-0.4, -0.2) is 78.1 Å². The normalized spacial score (nSPS) is 18.7. The summed E-state index contributed by atoms with van der Waals surface area (Å²) in [5.74, 6) is 1.49. The van der Waals surface area contributed by atoms with Crippen molar-refractivity contribution in [3.63, 3.8) is 0 Å². The molecule has 10 nitrogen and oxygen atoms in total. The van der Waals surface area contributed by atoms with Crippen LogP contribution in [0.15, 0.2) is 29.8 Å². The highest BCUT2D eigenvalue weighted by Crippen LogP contribution is 2.31. The number of urea groups is 1. The number of fused-ring (bicyclic) bond motifs is 1. The van der Waals surface area contributed by atoms with Gasteiger partial charge in [-0.1, -0.05) is 38.2 Å². The standard InChI is InChI=1S/C27H35N5O5S/c33-24-18-31(27(35)29-9-8-20-6-7-22-23(17-20)37-14-13-36-22)11-12-32(24)21(16-19-4-2-1-3-5-19)25(34)30-26-28-10-15-38-26/h6-7,10,15,17,19,21H,1-5,8-9,11-14,16,18H2,(H,29,35)(H,28,30,34)/t21-/m0/s1. The quantitative estimate of drug-likeness (QED) is 0.530. The average Bonchev–Trinajstić information content (AvgIpc) is 3.45. The Labute approximate surface area is 226 Å². The van der Waals surface area contributed by atoms with E-state index in [4.69, 9.17) is 9.47 Å². The average molecular weight is 542 g/mol. The molecule has 3 aliphatic rings. The van der Waals surface area contributed by atoms with Gasteiger partial charge < -0.3 is 29.9 Å². The van der Waals surface area contributed by atoms with Crippen LogP contribution in [-0.2, 0) is 16.0 Å². The molecule has 38 heavy (non-hydrogen) atoms. The smallest absolute Gasteiger partial charge is 0.317 e. The van der Waals surface area contributed by atoms with Gasteiger partial charge in [-0.15, -0.1) is 11.3 Å². The molecule has 1 aliphatic carbocycles. The number of nitrogens with one attached hydrogen (secondary N) is 2. The second-order valence-corrected chi connectivity index (χ2v) is 10.9. The third kappa shape index (κ3) is 6.56. The number of hydrogen-bond donors (Lipinski definition) is 2. The first kappa shape index (κ1) is 26.3. The lowest BCUT2D eigenvalue weighted by molar-refractivity contribution is -0.142. The molecule has 2 N–H and O–H groups in total. The predicted molar refractivity (Wildman–Crippen MR) is 144 cm³/mol. The largest absolute Gasteiger partial charge is 0.486 e. The zero-order valence-corrected chi connectivity index (χ0v) is 22.3. The van der Waals surface area contributed by atoms with Crippen LogP contribution in [0.5, 0.6) is 11.5 Å². The maximum Gasteiger partial charge on any atom is 0.317 e. The molecule has 1 saturated heterocycles. The molecule has 1 atom stereocenters. The highest BCUT2D eigenvalue weighted by Gasteiger charge is 2.37. The molecular weight excluding hydrogens is 506 g/mol. The molecule has 0 radical (unpaired) electrons. The lowest BCUT2D eigenvalue weighted by Crippen LogP contribution is -2.59. The van der Waals surface area contributed by atoms with Crippen LogP contribution in [0.3, 0.4) is 0 Å². The summed E-state index contributed by atoms with van der Waals surface area (Å²) in [6.45, 7) is 2.19. The van der Waals surface area contributed by atoms with E-state index in [-0.39, 0.29) is 24.4 Å². The fourth-order valence-corrected chi connectivity index (χ4v) is 5.98. The minimum atomic E-state index is -0.560. The van der Waals surface area contributed by atoms with Crippen LogP contribution >= 0.6 is 11.3 Å². The van der Waals surface area contributed by atoms with Gasteiger partial charge in [0.05, 0.1) is 0 Å². The van der Waals surface area contributed by atoms with Crippen molar-refractivity contribution in [3.05, 3.63) is 35.3 Å². The molecule has 2 aromatic rings. The van der Waals surface area contributed by atoms with E-state index in [2.05, 4.69) is 15.6 Å². The van der Waals surface area contributed by atoms with Crippen molar-refractivity contribution in [2.45, 2.75) is 51.0 Å². The highest BCUT2D eigenvalue weighted by molar-refractivity contribution is 7.13. The summed E-state index contributed by atoms with van der Waals surface area (Å²) < 4.78 is 11.2. The molecule has 11 heteroatoms. The fraction of sp³-hybridized carbons (Fsp3) is 0.556. The molecule has 4 amide bonds. The van der Waals surface area contributed by atoms with Crippen LogP contribution in [0.4, 0.5) is 9.93 Å². The van der Waals surface area contributed by atoms with E-state index in [0.717, 1.165) is 29.9 Å². The Morgan fingerprint density at radius 1 is 1.11 bits per heavy atom. The second-order valence-electron chi connectivity index (χ2n) is 10.1. The summed E-state index contributed by atoms with van der Waals surface area (Å²) in [4.78, 5) is 46.7. The molecule has 1 aromatic heterocycles. The maximum atomic E-state index is 13.3. The van der Waals surface area contributed by atoms with Gasteiger partial charge in [-0.3, -0.25) is 9.59 Å². The van der Waals surface area contributed by atoms with Gasteiger partial charge in [0.1, 0.15) is 25.8 Å². The highest BCUT2D eigenvalue weighted by atomic mass is 32.1. The molecule has 0 spiro atoms. The Bertz CT molecular complexity index is 1120. The summed E-state index contributed by atoms with van der Waals surface area (Å²) in [6, 6.07) is 4.96. The molecule has 3 heterocycles. The lowest BCUT2D eigenvalue weighted by Gasteiger charge is -2.39. The number of aromatic nitrogens is 1. The number of benzene rings is 1. The summed E-state index contributed by atoms with van der Waals surface area (Å²) in [5.41, 5.74) is 1.03. The monoisotopic (exact) mass is 541 g/mol. The first-order valence-corrected chi connectivity index (χ1v) is 14.4. The van der Waals surface area contributed by atoms with Crippen LogP contribution < -0.4 is 20.1 Å². The topological polar surface area (TPSA) is 113 Å². The third-order valence-corrected chi connectivity index (χ3v) is 8.15. The number of anilines is 1. The number of ether oxygens (including phenoxy) is 2. The number of piperazine rings is 1. The first-order valence-electron chi connectivity index (χ1n) is 13.5. The SMILES string of the molecule is O=C(Nc1nccs1)[C@H](CC1CCCCC1)N1CCN(C(=O)NCCc2ccc3c(c2)OCCO3)CC1=O. The molecule has 0 bridgehead atoms. The maximum absolute atomic E-state index is 13.3. The molecule has 2 fully saturated rings. The Hall–Kier alpha value is -3.34. The number of amides is 4. The summed E-state index contributed by atoms with van der Waals surface area (Å²) in [7, 11) is 0. The van der Waals surface area contributed by atoms with Crippen LogP contribution in [0.1, 0.15) is 44.1 Å². The number of carbonyl (C=O) groups excluding carboxylic acids is 3.